The van der Waals surface area contributed by atoms with Gasteiger partial charge in [-0.15, -0.1) is 0 Å². The fourth-order valence-electron chi connectivity index (χ4n) is 2.66. The molecular formula is C18H15Cl3N4O2. The van der Waals surface area contributed by atoms with Gasteiger partial charge >= 0.3 is 0 Å². The van der Waals surface area contributed by atoms with Crippen LogP contribution < -0.4 is 16.4 Å². The van der Waals surface area contributed by atoms with Crippen LogP contribution in [0.2, 0.25) is 15.1 Å². The molecule has 0 aliphatic carbocycles. The highest BCUT2D eigenvalue weighted by atomic mass is 35.5. The highest BCUT2D eigenvalue weighted by Crippen LogP contribution is 2.25. The molecule has 9 heteroatoms. The Morgan fingerprint density at radius 3 is 2.52 bits per heavy atom. The molecule has 140 valence electrons. The van der Waals surface area contributed by atoms with Gasteiger partial charge in [0.25, 0.3) is 11.1 Å². The number of H-pyrrole nitrogens is 1. The van der Waals surface area contributed by atoms with E-state index in [4.69, 9.17) is 34.8 Å². The Labute approximate surface area is 169 Å². The van der Waals surface area contributed by atoms with Crippen LogP contribution in [0.1, 0.15) is 16.8 Å². The fourth-order valence-corrected chi connectivity index (χ4v) is 3.16. The van der Waals surface area contributed by atoms with E-state index in [1.54, 1.807) is 18.2 Å². The Hall–Kier alpha value is -2.28. The zero-order valence-electron chi connectivity index (χ0n) is 14.4. The molecule has 27 heavy (non-hydrogen) atoms. The van der Waals surface area contributed by atoms with Crippen molar-refractivity contribution in [3.8, 4) is 5.69 Å². The molecule has 0 aliphatic heterocycles. The zero-order chi connectivity index (χ0) is 19.7. The van der Waals surface area contributed by atoms with Crippen molar-refractivity contribution in [3.05, 3.63) is 83.1 Å². The smallest absolute Gasteiger partial charge is 0.291 e. The fraction of sp³-hybridized carbons (Fsp3) is 0.167. The van der Waals surface area contributed by atoms with E-state index in [1.807, 2.05) is 19.9 Å². The Bertz CT molecular complexity index is 1140. The van der Waals surface area contributed by atoms with Crippen molar-refractivity contribution in [2.45, 2.75) is 20.4 Å². The number of hydrogen-bond donors (Lipinski definition) is 2. The second-order valence-corrected chi connectivity index (χ2v) is 7.18. The molecule has 3 aromatic rings. The summed E-state index contributed by atoms with van der Waals surface area (Å²) in [6.07, 6.45) is 1.29. The summed E-state index contributed by atoms with van der Waals surface area (Å²) in [5.41, 5.74) is 2.71. The number of aromatic amines is 1. The van der Waals surface area contributed by atoms with Crippen molar-refractivity contribution in [2.75, 3.05) is 5.32 Å². The van der Waals surface area contributed by atoms with Crippen LogP contribution >= 0.6 is 34.8 Å². The zero-order valence-corrected chi connectivity index (χ0v) is 16.7. The van der Waals surface area contributed by atoms with Crippen LogP contribution in [0.15, 0.2) is 40.1 Å². The number of nitrogens with zero attached hydrogens (tertiary/aromatic N) is 2. The van der Waals surface area contributed by atoms with Crippen LogP contribution in [-0.2, 0) is 6.54 Å². The summed E-state index contributed by atoms with van der Waals surface area (Å²) >= 11 is 18.0. The van der Waals surface area contributed by atoms with E-state index >= 15 is 0 Å². The van der Waals surface area contributed by atoms with Crippen molar-refractivity contribution in [3.63, 3.8) is 0 Å². The number of halogens is 3. The molecule has 0 fully saturated rings. The maximum atomic E-state index is 12.2. The number of rotatable bonds is 4. The summed E-state index contributed by atoms with van der Waals surface area (Å²) in [6, 6.07) is 6.85. The Balaban J connectivity index is 1.87. The first-order valence-corrected chi connectivity index (χ1v) is 9.08. The van der Waals surface area contributed by atoms with Crippen molar-refractivity contribution < 1.29 is 0 Å². The molecule has 0 radical (unpaired) electrons. The van der Waals surface area contributed by atoms with Gasteiger partial charge in [-0.05, 0) is 43.7 Å². The Morgan fingerprint density at radius 1 is 1.11 bits per heavy atom. The molecule has 2 aromatic heterocycles. The number of hydrogen-bond acceptors (Lipinski definition) is 4. The molecule has 6 nitrogen and oxygen atoms in total. The Kier molecular flexibility index (Phi) is 5.60. The van der Waals surface area contributed by atoms with Gasteiger partial charge < -0.3 is 10.3 Å². The monoisotopic (exact) mass is 424 g/mol. The summed E-state index contributed by atoms with van der Waals surface area (Å²) in [7, 11) is 0. The van der Waals surface area contributed by atoms with Crippen LogP contribution in [-0.4, -0.2) is 14.8 Å². The number of anilines is 1. The second-order valence-electron chi connectivity index (χ2n) is 5.98. The standard InChI is InChI=1S/C18H15Cl3N4O2/c1-9-5-10(2)24-17(26)12(9)7-22-15-4-3-11(6-13(15)19)25-18(27)16(21)14(20)8-23-25/h3-6,8,22H,7H2,1-2H3,(H,24,26). The lowest BCUT2D eigenvalue weighted by molar-refractivity contribution is 0.807. The third-order valence-corrected chi connectivity index (χ3v) is 5.08. The number of aromatic nitrogens is 3. The minimum atomic E-state index is -0.539. The molecule has 2 N–H and O–H groups in total. The summed E-state index contributed by atoms with van der Waals surface area (Å²) in [6.45, 7) is 4.03. The summed E-state index contributed by atoms with van der Waals surface area (Å²) in [5, 5.41) is 7.45. The van der Waals surface area contributed by atoms with E-state index in [9.17, 15) is 9.59 Å². The lowest BCUT2D eigenvalue weighted by Crippen LogP contribution is -2.21. The van der Waals surface area contributed by atoms with Gasteiger partial charge in [-0.25, -0.2) is 0 Å². The molecule has 1 aromatic carbocycles. The molecule has 2 heterocycles. The van der Waals surface area contributed by atoms with Crippen LogP contribution in [0.3, 0.4) is 0 Å². The first-order chi connectivity index (χ1) is 12.8. The number of pyridine rings is 1. The van der Waals surface area contributed by atoms with Gasteiger partial charge in [0.05, 0.1) is 27.6 Å². The number of benzene rings is 1. The highest BCUT2D eigenvalue weighted by molar-refractivity contribution is 6.41. The SMILES string of the molecule is Cc1cc(C)c(CNc2ccc(-n3ncc(Cl)c(Cl)c3=O)cc2Cl)c(=O)[nH]1. The van der Waals surface area contributed by atoms with Gasteiger partial charge in [-0.1, -0.05) is 34.8 Å². The van der Waals surface area contributed by atoms with Crippen molar-refractivity contribution in [1.82, 2.24) is 14.8 Å². The summed E-state index contributed by atoms with van der Waals surface area (Å²) < 4.78 is 1.11. The Morgan fingerprint density at radius 2 is 1.85 bits per heavy atom. The maximum Gasteiger partial charge on any atom is 0.291 e. The molecule has 0 unspecified atom stereocenters. The summed E-state index contributed by atoms with van der Waals surface area (Å²) in [4.78, 5) is 27.1. The van der Waals surface area contributed by atoms with E-state index in [1.165, 1.54) is 6.20 Å². The molecule has 0 saturated heterocycles. The second kappa shape index (κ2) is 7.76. The average Bonchev–Trinajstić information content (AvgIpc) is 2.60. The number of aryl methyl sites for hydroxylation is 2. The summed E-state index contributed by atoms with van der Waals surface area (Å²) in [5.74, 6) is 0. The van der Waals surface area contributed by atoms with E-state index < -0.39 is 5.56 Å². The molecule has 0 atom stereocenters. The van der Waals surface area contributed by atoms with E-state index in [0.717, 1.165) is 15.9 Å². The minimum Gasteiger partial charge on any atom is -0.380 e. The third-order valence-electron chi connectivity index (χ3n) is 4.02. The van der Waals surface area contributed by atoms with Gasteiger partial charge in [-0.3, -0.25) is 9.59 Å². The van der Waals surface area contributed by atoms with Crippen LogP contribution in [0.4, 0.5) is 5.69 Å². The normalized spacial score (nSPS) is 10.9. The molecular weight excluding hydrogens is 411 g/mol. The predicted octanol–water partition coefficient (Wildman–Crippen LogP) is 4.11. The lowest BCUT2D eigenvalue weighted by atomic mass is 10.1. The van der Waals surface area contributed by atoms with Crippen LogP contribution in [0.25, 0.3) is 5.69 Å². The van der Waals surface area contributed by atoms with Crippen molar-refractivity contribution >= 4 is 40.5 Å². The van der Waals surface area contributed by atoms with Crippen LogP contribution in [0, 0.1) is 13.8 Å². The molecule has 0 amide bonds. The molecule has 0 saturated carbocycles. The van der Waals surface area contributed by atoms with Gasteiger partial charge in [0, 0.05) is 17.8 Å². The van der Waals surface area contributed by atoms with Crippen molar-refractivity contribution in [2.24, 2.45) is 0 Å². The quantitative estimate of drug-likeness (QED) is 0.659. The average molecular weight is 426 g/mol. The van der Waals surface area contributed by atoms with Gasteiger partial charge in [0.2, 0.25) is 0 Å². The predicted molar refractivity (Wildman–Crippen MR) is 109 cm³/mol. The lowest BCUT2D eigenvalue weighted by Gasteiger charge is -2.12. The first kappa shape index (κ1) is 19.5. The van der Waals surface area contributed by atoms with Gasteiger partial charge in [-0.2, -0.15) is 9.78 Å². The van der Waals surface area contributed by atoms with Gasteiger partial charge in [0.15, 0.2) is 0 Å². The maximum absolute atomic E-state index is 12.2. The van der Waals surface area contributed by atoms with Gasteiger partial charge in [0.1, 0.15) is 5.02 Å². The molecule has 0 spiro atoms. The van der Waals surface area contributed by atoms with E-state index in [0.29, 0.717) is 28.5 Å². The van der Waals surface area contributed by atoms with E-state index in [2.05, 4.69) is 15.4 Å². The molecule has 3 rings (SSSR count). The highest BCUT2D eigenvalue weighted by Gasteiger charge is 2.11. The molecule has 0 bridgehead atoms. The largest absolute Gasteiger partial charge is 0.380 e. The number of nitrogens with one attached hydrogen (secondary N) is 2. The minimum absolute atomic E-state index is 0.0842. The first-order valence-electron chi connectivity index (χ1n) is 7.94. The van der Waals surface area contributed by atoms with Crippen molar-refractivity contribution in [1.29, 1.82) is 0 Å². The van der Waals surface area contributed by atoms with E-state index in [-0.39, 0.29) is 15.6 Å². The third kappa shape index (κ3) is 4.03. The van der Waals surface area contributed by atoms with Crippen LogP contribution in [0.5, 0.6) is 0 Å². The molecule has 0 aliphatic rings. The topological polar surface area (TPSA) is 79.8 Å².